The summed E-state index contributed by atoms with van der Waals surface area (Å²) in [4.78, 5) is 3.26. The van der Waals surface area contributed by atoms with Crippen LogP contribution in [0.4, 0.5) is 5.88 Å². The van der Waals surface area contributed by atoms with E-state index in [0.717, 1.165) is 21.1 Å². The lowest BCUT2D eigenvalue weighted by molar-refractivity contribution is 0.439. The topological polar surface area (TPSA) is 67.8 Å². The van der Waals surface area contributed by atoms with Crippen LogP contribution >= 0.6 is 15.9 Å². The van der Waals surface area contributed by atoms with Gasteiger partial charge >= 0.3 is 0 Å². The summed E-state index contributed by atoms with van der Waals surface area (Å²) < 4.78 is 5.89. The van der Waals surface area contributed by atoms with Crippen LogP contribution in [0.5, 0.6) is 0 Å². The van der Waals surface area contributed by atoms with E-state index in [4.69, 9.17) is 10.3 Å². The molecule has 0 radical (unpaired) electrons. The number of nitrogens with one attached hydrogen (secondary N) is 1. The van der Waals surface area contributed by atoms with Crippen LogP contribution in [-0.4, -0.2) is 10.1 Å². The monoisotopic (exact) mass is 277 g/mol. The molecule has 0 bridgehead atoms. The second-order valence-corrected chi connectivity index (χ2v) is 4.35. The van der Waals surface area contributed by atoms with Gasteiger partial charge in [-0.1, -0.05) is 27.2 Å². The molecule has 0 saturated carbocycles. The van der Waals surface area contributed by atoms with Crippen molar-refractivity contribution in [3.63, 3.8) is 0 Å². The Bertz CT molecular complexity index is 656. The van der Waals surface area contributed by atoms with Crippen molar-refractivity contribution < 1.29 is 4.52 Å². The Morgan fingerprint density at radius 3 is 2.88 bits per heavy atom. The number of nitrogens with two attached hydrogens (primary N) is 1. The molecule has 3 N–H and O–H groups in total. The van der Waals surface area contributed by atoms with E-state index >= 15 is 0 Å². The number of aromatic amines is 1. The Hall–Kier alpha value is -1.75. The molecule has 0 atom stereocenters. The van der Waals surface area contributed by atoms with Gasteiger partial charge in [0.1, 0.15) is 5.69 Å². The number of halogens is 1. The van der Waals surface area contributed by atoms with Crippen LogP contribution in [0.3, 0.4) is 0 Å². The molecule has 2 heterocycles. The maximum atomic E-state index is 5.49. The van der Waals surface area contributed by atoms with Gasteiger partial charge in [-0.2, -0.15) is 0 Å². The van der Waals surface area contributed by atoms with Crippen molar-refractivity contribution in [2.24, 2.45) is 0 Å². The fourth-order valence-corrected chi connectivity index (χ4v) is 2.15. The Labute approximate surface area is 99.6 Å². The smallest absolute Gasteiger partial charge is 0.222 e. The summed E-state index contributed by atoms with van der Waals surface area (Å²) in [7, 11) is 0. The number of nitrogens with zero attached hydrogens (tertiary/aromatic N) is 1. The van der Waals surface area contributed by atoms with Gasteiger partial charge in [-0.3, -0.25) is 0 Å². The standard InChI is InChI=1S/C11H8BrN3O/c12-7-2-1-3-8-6(7)4-9(14-8)10-5-11(13)16-15-10/h1-5,14H,13H2. The molecule has 0 amide bonds. The molecule has 5 heteroatoms. The van der Waals surface area contributed by atoms with E-state index in [-0.39, 0.29) is 0 Å². The quantitative estimate of drug-likeness (QED) is 0.718. The normalized spacial score (nSPS) is 11.1. The first kappa shape index (κ1) is 9.47. The van der Waals surface area contributed by atoms with Crippen molar-refractivity contribution in [2.75, 3.05) is 5.73 Å². The summed E-state index contributed by atoms with van der Waals surface area (Å²) in [6.45, 7) is 0. The van der Waals surface area contributed by atoms with Crippen LogP contribution < -0.4 is 5.73 Å². The van der Waals surface area contributed by atoms with Crippen LogP contribution in [0.2, 0.25) is 0 Å². The molecule has 0 aliphatic rings. The lowest BCUT2D eigenvalue weighted by Gasteiger charge is -1.90. The van der Waals surface area contributed by atoms with E-state index in [0.29, 0.717) is 11.6 Å². The van der Waals surface area contributed by atoms with Gasteiger partial charge in [-0.25, -0.2) is 0 Å². The highest BCUT2D eigenvalue weighted by Crippen LogP contribution is 2.29. The van der Waals surface area contributed by atoms with Gasteiger partial charge in [-0.05, 0) is 18.2 Å². The third-order valence-electron chi connectivity index (χ3n) is 2.42. The summed E-state index contributed by atoms with van der Waals surface area (Å²) in [5, 5.41) is 4.97. The first-order chi connectivity index (χ1) is 7.74. The van der Waals surface area contributed by atoms with E-state index in [1.807, 2.05) is 24.3 Å². The first-order valence-corrected chi connectivity index (χ1v) is 5.53. The highest BCUT2D eigenvalue weighted by Gasteiger charge is 2.09. The number of rotatable bonds is 1. The van der Waals surface area contributed by atoms with Crippen LogP contribution in [0.15, 0.2) is 39.3 Å². The zero-order valence-corrected chi connectivity index (χ0v) is 9.78. The van der Waals surface area contributed by atoms with Crippen LogP contribution in [0.25, 0.3) is 22.3 Å². The van der Waals surface area contributed by atoms with Gasteiger partial charge in [0.2, 0.25) is 5.88 Å². The fourth-order valence-electron chi connectivity index (χ4n) is 1.67. The van der Waals surface area contributed by atoms with Gasteiger partial charge in [-0.15, -0.1) is 0 Å². The lowest BCUT2D eigenvalue weighted by Crippen LogP contribution is -1.76. The van der Waals surface area contributed by atoms with Gasteiger partial charge in [0.05, 0.1) is 5.69 Å². The van der Waals surface area contributed by atoms with Crippen LogP contribution in [0.1, 0.15) is 0 Å². The predicted molar refractivity (Wildman–Crippen MR) is 65.9 cm³/mol. The zero-order chi connectivity index (χ0) is 11.1. The third kappa shape index (κ3) is 1.40. The van der Waals surface area contributed by atoms with Crippen molar-refractivity contribution in [2.45, 2.75) is 0 Å². The number of fused-ring (bicyclic) bond motifs is 1. The molecule has 2 aromatic heterocycles. The number of anilines is 1. The van der Waals surface area contributed by atoms with Crippen molar-refractivity contribution >= 4 is 32.7 Å². The number of hydrogen-bond donors (Lipinski definition) is 2. The van der Waals surface area contributed by atoms with Crippen LogP contribution in [0, 0.1) is 0 Å². The molecular formula is C11H8BrN3O. The molecule has 0 saturated heterocycles. The molecule has 0 fully saturated rings. The Morgan fingerprint density at radius 2 is 2.19 bits per heavy atom. The summed E-state index contributed by atoms with van der Waals surface area (Å²) in [5.74, 6) is 0.313. The number of benzene rings is 1. The summed E-state index contributed by atoms with van der Waals surface area (Å²) in [6.07, 6.45) is 0. The second kappa shape index (κ2) is 3.38. The molecule has 0 unspecified atom stereocenters. The molecule has 3 rings (SSSR count). The lowest BCUT2D eigenvalue weighted by atomic mass is 10.2. The molecule has 1 aromatic carbocycles. The maximum Gasteiger partial charge on any atom is 0.222 e. The summed E-state index contributed by atoms with van der Waals surface area (Å²) in [5.41, 5.74) is 8.13. The van der Waals surface area contributed by atoms with E-state index in [2.05, 4.69) is 26.1 Å². The SMILES string of the molecule is Nc1cc(-c2cc3c(Br)cccc3[nH]2)no1. The van der Waals surface area contributed by atoms with E-state index in [9.17, 15) is 0 Å². The van der Waals surface area contributed by atoms with Crippen molar-refractivity contribution in [3.05, 3.63) is 34.8 Å². The summed E-state index contributed by atoms with van der Waals surface area (Å²) >= 11 is 3.50. The maximum absolute atomic E-state index is 5.49. The van der Waals surface area contributed by atoms with Crippen molar-refractivity contribution in [1.29, 1.82) is 0 Å². The molecule has 0 aliphatic carbocycles. The molecular weight excluding hydrogens is 270 g/mol. The van der Waals surface area contributed by atoms with Crippen LogP contribution in [-0.2, 0) is 0 Å². The van der Waals surface area contributed by atoms with Crippen molar-refractivity contribution in [3.8, 4) is 11.4 Å². The number of nitrogen functional groups attached to an aromatic ring is 1. The largest absolute Gasteiger partial charge is 0.368 e. The van der Waals surface area contributed by atoms with Gasteiger partial charge in [0, 0.05) is 21.4 Å². The highest BCUT2D eigenvalue weighted by molar-refractivity contribution is 9.10. The third-order valence-corrected chi connectivity index (χ3v) is 3.11. The average molecular weight is 278 g/mol. The van der Waals surface area contributed by atoms with Gasteiger partial charge in [0.15, 0.2) is 0 Å². The number of aromatic nitrogens is 2. The minimum atomic E-state index is 0.313. The average Bonchev–Trinajstić information content (AvgIpc) is 2.84. The van der Waals surface area contributed by atoms with E-state index in [1.165, 1.54) is 0 Å². The van der Waals surface area contributed by atoms with Crippen molar-refractivity contribution in [1.82, 2.24) is 10.1 Å². The molecule has 16 heavy (non-hydrogen) atoms. The Kier molecular flexibility index (Phi) is 2.00. The zero-order valence-electron chi connectivity index (χ0n) is 8.20. The highest BCUT2D eigenvalue weighted by atomic mass is 79.9. The number of hydrogen-bond acceptors (Lipinski definition) is 3. The summed E-state index contributed by atoms with van der Waals surface area (Å²) in [6, 6.07) is 9.68. The molecule has 0 aliphatic heterocycles. The number of H-pyrrole nitrogens is 1. The van der Waals surface area contributed by atoms with E-state index < -0.39 is 0 Å². The second-order valence-electron chi connectivity index (χ2n) is 3.50. The predicted octanol–water partition coefficient (Wildman–Crippen LogP) is 3.17. The molecule has 0 spiro atoms. The molecule has 80 valence electrons. The van der Waals surface area contributed by atoms with Gasteiger partial charge in [0.25, 0.3) is 0 Å². The molecule has 3 aromatic rings. The Balaban J connectivity index is 2.22. The minimum absolute atomic E-state index is 0.313. The van der Waals surface area contributed by atoms with Gasteiger partial charge < -0.3 is 15.2 Å². The molecule has 4 nitrogen and oxygen atoms in total. The Morgan fingerprint density at radius 1 is 1.31 bits per heavy atom. The fraction of sp³-hybridized carbons (Fsp3) is 0. The first-order valence-electron chi connectivity index (χ1n) is 4.74. The van der Waals surface area contributed by atoms with E-state index in [1.54, 1.807) is 6.07 Å². The minimum Gasteiger partial charge on any atom is -0.368 e.